The molecule has 1 heterocycles. The van der Waals surface area contributed by atoms with Crippen LogP contribution in [0.2, 0.25) is 0 Å². The number of ether oxygens (including phenoxy) is 1. The van der Waals surface area contributed by atoms with Gasteiger partial charge in [-0.15, -0.1) is 0 Å². The van der Waals surface area contributed by atoms with Crippen molar-refractivity contribution in [1.29, 1.82) is 0 Å². The smallest absolute Gasteiger partial charge is 0.417 e. The van der Waals surface area contributed by atoms with Crippen LogP contribution in [0.15, 0.2) is 0 Å². The summed E-state index contributed by atoms with van der Waals surface area (Å²) in [6.45, 7) is 5.35. The summed E-state index contributed by atoms with van der Waals surface area (Å²) in [6.07, 6.45) is -1.63. The number of alkyl halides is 1. The van der Waals surface area contributed by atoms with Gasteiger partial charge in [-0.25, -0.2) is 14.1 Å². The third-order valence-electron chi connectivity index (χ3n) is 1.99. The molecular formula is C10H16FNO3. The van der Waals surface area contributed by atoms with E-state index in [4.69, 9.17) is 4.74 Å². The fourth-order valence-electron chi connectivity index (χ4n) is 1.33. The number of hydrogen-bond acceptors (Lipinski definition) is 3. The van der Waals surface area contributed by atoms with Gasteiger partial charge in [0.05, 0.1) is 0 Å². The topological polar surface area (TPSA) is 46.6 Å². The van der Waals surface area contributed by atoms with Crippen LogP contribution < -0.4 is 0 Å². The van der Waals surface area contributed by atoms with Crippen LogP contribution in [0.5, 0.6) is 0 Å². The predicted octanol–water partition coefficient (Wildman–Crippen LogP) is 1.88. The number of rotatable bonds is 0. The molecule has 0 aromatic carbocycles. The minimum absolute atomic E-state index is 0.193. The van der Waals surface area contributed by atoms with Crippen molar-refractivity contribution in [2.75, 3.05) is 6.54 Å². The molecule has 1 unspecified atom stereocenters. The summed E-state index contributed by atoms with van der Waals surface area (Å²) in [5.74, 6) is -0.782. The summed E-state index contributed by atoms with van der Waals surface area (Å²) < 4.78 is 18.0. The fraction of sp³-hybridized carbons (Fsp3) is 0.800. The monoisotopic (exact) mass is 217 g/mol. The van der Waals surface area contributed by atoms with Crippen molar-refractivity contribution in [3.05, 3.63) is 0 Å². The summed E-state index contributed by atoms with van der Waals surface area (Å²) in [5, 5.41) is 0. The molecule has 1 atom stereocenters. The van der Waals surface area contributed by atoms with E-state index >= 15 is 0 Å². The summed E-state index contributed by atoms with van der Waals surface area (Å²) in [5.41, 5.74) is -0.666. The van der Waals surface area contributed by atoms with Crippen LogP contribution in [0.3, 0.4) is 0 Å². The van der Waals surface area contributed by atoms with Gasteiger partial charge in [0.15, 0.2) is 6.17 Å². The zero-order valence-corrected chi connectivity index (χ0v) is 9.25. The number of amides is 2. The van der Waals surface area contributed by atoms with Gasteiger partial charge in [0.1, 0.15) is 5.60 Å². The van der Waals surface area contributed by atoms with E-state index in [0.29, 0.717) is 6.42 Å². The zero-order chi connectivity index (χ0) is 11.6. The number of piperidine rings is 1. The first kappa shape index (κ1) is 11.9. The van der Waals surface area contributed by atoms with E-state index in [-0.39, 0.29) is 13.0 Å². The van der Waals surface area contributed by atoms with Crippen LogP contribution in [0.4, 0.5) is 9.18 Å². The lowest BCUT2D eigenvalue weighted by atomic mass is 10.1. The number of halogens is 1. The maximum Gasteiger partial charge on any atom is 0.417 e. The molecule has 0 saturated carbocycles. The maximum absolute atomic E-state index is 13.0. The van der Waals surface area contributed by atoms with E-state index in [2.05, 4.69) is 0 Å². The summed E-state index contributed by atoms with van der Waals surface area (Å²) in [4.78, 5) is 23.6. The Morgan fingerprint density at radius 3 is 2.67 bits per heavy atom. The summed E-state index contributed by atoms with van der Waals surface area (Å²) in [7, 11) is 0. The number of imide groups is 1. The van der Waals surface area contributed by atoms with Gasteiger partial charge in [-0.1, -0.05) is 0 Å². The van der Waals surface area contributed by atoms with Gasteiger partial charge in [0.25, 0.3) is 5.91 Å². The van der Waals surface area contributed by atoms with Crippen molar-refractivity contribution in [2.45, 2.75) is 45.4 Å². The fourth-order valence-corrected chi connectivity index (χ4v) is 1.33. The molecule has 0 aromatic heterocycles. The highest BCUT2D eigenvalue weighted by atomic mass is 19.1. The average molecular weight is 217 g/mol. The van der Waals surface area contributed by atoms with E-state index in [0.717, 1.165) is 4.90 Å². The Hall–Kier alpha value is -1.13. The molecule has 1 fully saturated rings. The number of nitrogens with zero attached hydrogens (tertiary/aromatic N) is 1. The highest BCUT2D eigenvalue weighted by molar-refractivity contribution is 5.95. The van der Waals surface area contributed by atoms with E-state index in [1.54, 1.807) is 20.8 Å². The second-order valence-electron chi connectivity index (χ2n) is 4.58. The van der Waals surface area contributed by atoms with Gasteiger partial charge < -0.3 is 4.74 Å². The van der Waals surface area contributed by atoms with Crippen LogP contribution in [-0.2, 0) is 9.53 Å². The number of carbonyl (C=O) groups is 2. The van der Waals surface area contributed by atoms with Crippen LogP contribution in [-0.4, -0.2) is 35.2 Å². The Morgan fingerprint density at radius 2 is 2.13 bits per heavy atom. The van der Waals surface area contributed by atoms with Crippen LogP contribution in [0.25, 0.3) is 0 Å². The molecule has 0 radical (unpaired) electrons. The third kappa shape index (κ3) is 3.18. The largest absolute Gasteiger partial charge is 0.443 e. The number of hydrogen-bond donors (Lipinski definition) is 0. The first-order chi connectivity index (χ1) is 6.81. The van der Waals surface area contributed by atoms with Gasteiger partial charge in [-0.05, 0) is 33.6 Å². The first-order valence-corrected chi connectivity index (χ1v) is 5.00. The number of carbonyl (C=O) groups excluding carboxylic acids is 2. The standard InChI is InChI=1S/C10H16FNO3/c1-10(2,3)15-9(14)12-6-4-5-7(11)8(12)13/h7H,4-6H2,1-3H3. The average Bonchev–Trinajstić information content (AvgIpc) is 2.06. The summed E-state index contributed by atoms with van der Waals surface area (Å²) >= 11 is 0. The number of likely N-dealkylation sites (tertiary alicyclic amines) is 1. The van der Waals surface area contributed by atoms with Crippen LogP contribution in [0, 0.1) is 0 Å². The lowest BCUT2D eigenvalue weighted by Crippen LogP contribution is -2.47. The van der Waals surface area contributed by atoms with Crippen molar-refractivity contribution in [3.8, 4) is 0 Å². The Morgan fingerprint density at radius 1 is 1.53 bits per heavy atom. The first-order valence-electron chi connectivity index (χ1n) is 5.00. The van der Waals surface area contributed by atoms with Gasteiger partial charge in [0.2, 0.25) is 0 Å². The van der Waals surface area contributed by atoms with Crippen LogP contribution in [0.1, 0.15) is 33.6 Å². The minimum Gasteiger partial charge on any atom is -0.443 e. The van der Waals surface area contributed by atoms with Crippen molar-refractivity contribution in [1.82, 2.24) is 4.90 Å². The molecule has 2 amide bonds. The second-order valence-corrected chi connectivity index (χ2v) is 4.58. The zero-order valence-electron chi connectivity index (χ0n) is 9.25. The Balaban J connectivity index is 2.63. The normalized spacial score (nSPS) is 22.8. The molecular weight excluding hydrogens is 201 g/mol. The Kier molecular flexibility index (Phi) is 3.31. The van der Waals surface area contributed by atoms with E-state index in [9.17, 15) is 14.0 Å². The Bertz CT molecular complexity index is 272. The minimum atomic E-state index is -1.56. The molecule has 86 valence electrons. The highest BCUT2D eigenvalue weighted by Crippen LogP contribution is 2.18. The van der Waals surface area contributed by atoms with E-state index in [1.807, 2.05) is 0 Å². The second kappa shape index (κ2) is 4.16. The van der Waals surface area contributed by atoms with Gasteiger partial charge in [0, 0.05) is 6.54 Å². The Labute approximate surface area is 88.4 Å². The molecule has 4 nitrogen and oxygen atoms in total. The molecule has 0 bridgehead atoms. The molecule has 0 spiro atoms. The third-order valence-corrected chi connectivity index (χ3v) is 1.99. The van der Waals surface area contributed by atoms with Gasteiger partial charge >= 0.3 is 6.09 Å². The van der Waals surface area contributed by atoms with Crippen molar-refractivity contribution < 1.29 is 18.7 Å². The van der Waals surface area contributed by atoms with E-state index < -0.39 is 23.8 Å². The van der Waals surface area contributed by atoms with Crippen molar-refractivity contribution >= 4 is 12.0 Å². The lowest BCUT2D eigenvalue weighted by Gasteiger charge is -2.29. The molecule has 0 aromatic rings. The van der Waals surface area contributed by atoms with Crippen molar-refractivity contribution in [2.24, 2.45) is 0 Å². The molecule has 1 aliphatic heterocycles. The molecule has 1 rings (SSSR count). The summed E-state index contributed by atoms with van der Waals surface area (Å²) in [6, 6.07) is 0. The SMILES string of the molecule is CC(C)(C)OC(=O)N1CCCC(F)C1=O. The lowest BCUT2D eigenvalue weighted by molar-refractivity contribution is -0.138. The maximum atomic E-state index is 13.0. The van der Waals surface area contributed by atoms with E-state index in [1.165, 1.54) is 0 Å². The highest BCUT2D eigenvalue weighted by Gasteiger charge is 2.35. The molecule has 0 aliphatic carbocycles. The molecule has 0 N–H and O–H groups in total. The van der Waals surface area contributed by atoms with Gasteiger partial charge in [-0.2, -0.15) is 0 Å². The molecule has 15 heavy (non-hydrogen) atoms. The predicted molar refractivity (Wildman–Crippen MR) is 52.1 cm³/mol. The van der Waals surface area contributed by atoms with Gasteiger partial charge in [-0.3, -0.25) is 4.79 Å². The quantitative estimate of drug-likeness (QED) is 0.622. The molecule has 1 aliphatic rings. The van der Waals surface area contributed by atoms with Crippen LogP contribution >= 0.6 is 0 Å². The molecule has 1 saturated heterocycles. The van der Waals surface area contributed by atoms with Crippen molar-refractivity contribution in [3.63, 3.8) is 0 Å². The molecule has 5 heteroatoms.